The lowest BCUT2D eigenvalue weighted by atomic mass is 10.1. The summed E-state index contributed by atoms with van der Waals surface area (Å²) in [6, 6.07) is 4.55. The predicted octanol–water partition coefficient (Wildman–Crippen LogP) is 2.41. The quantitative estimate of drug-likeness (QED) is 0.808. The Kier molecular flexibility index (Phi) is 5.45. The van der Waals surface area contributed by atoms with Gasteiger partial charge in [0, 0.05) is 57.6 Å². The van der Waals surface area contributed by atoms with Crippen molar-refractivity contribution in [1.82, 2.24) is 19.8 Å². The van der Waals surface area contributed by atoms with Gasteiger partial charge in [0.15, 0.2) is 0 Å². The molecule has 0 N–H and O–H groups in total. The van der Waals surface area contributed by atoms with E-state index in [4.69, 9.17) is 0 Å². The predicted molar refractivity (Wildman–Crippen MR) is 103 cm³/mol. The van der Waals surface area contributed by atoms with Gasteiger partial charge in [-0.2, -0.15) is 11.3 Å². The highest BCUT2D eigenvalue weighted by atomic mass is 32.1. The van der Waals surface area contributed by atoms with E-state index in [1.54, 1.807) is 23.7 Å². The van der Waals surface area contributed by atoms with Crippen molar-refractivity contribution in [3.05, 3.63) is 40.8 Å². The molecule has 2 saturated heterocycles. The van der Waals surface area contributed by atoms with Gasteiger partial charge in [-0.3, -0.25) is 9.69 Å². The second-order valence-electron chi connectivity index (χ2n) is 6.92. The summed E-state index contributed by atoms with van der Waals surface area (Å²) in [6.07, 6.45) is 6.58. The van der Waals surface area contributed by atoms with E-state index < -0.39 is 0 Å². The molecule has 1 amide bonds. The molecule has 1 atom stereocenters. The Morgan fingerprint density at radius 3 is 2.69 bits per heavy atom. The first-order valence-corrected chi connectivity index (χ1v) is 10.3. The molecule has 0 radical (unpaired) electrons. The highest BCUT2D eigenvalue weighted by Crippen LogP contribution is 2.33. The third kappa shape index (κ3) is 3.88. The van der Waals surface area contributed by atoms with E-state index in [0.29, 0.717) is 12.5 Å². The normalized spacial score (nSPS) is 21.3. The Hall–Kier alpha value is -1.99. The molecule has 2 aromatic rings. The Balaban J connectivity index is 1.26. The molecule has 4 heterocycles. The molecule has 138 valence electrons. The number of amides is 1. The zero-order valence-corrected chi connectivity index (χ0v) is 15.8. The van der Waals surface area contributed by atoms with Crippen LogP contribution >= 0.6 is 11.3 Å². The van der Waals surface area contributed by atoms with Crippen LogP contribution in [0.3, 0.4) is 0 Å². The topological polar surface area (TPSA) is 52.6 Å². The van der Waals surface area contributed by atoms with Crippen LogP contribution in [-0.4, -0.2) is 64.9 Å². The number of likely N-dealkylation sites (tertiary alicyclic amines) is 1. The highest BCUT2D eigenvalue weighted by Gasteiger charge is 2.28. The maximum absolute atomic E-state index is 12.6. The monoisotopic (exact) mass is 371 g/mol. The Morgan fingerprint density at radius 2 is 1.96 bits per heavy atom. The third-order valence-corrected chi connectivity index (χ3v) is 6.07. The average molecular weight is 372 g/mol. The van der Waals surface area contributed by atoms with Gasteiger partial charge in [-0.05, 0) is 47.8 Å². The van der Waals surface area contributed by atoms with Gasteiger partial charge >= 0.3 is 0 Å². The van der Waals surface area contributed by atoms with Gasteiger partial charge in [0.2, 0.25) is 11.9 Å². The molecule has 7 heteroatoms. The van der Waals surface area contributed by atoms with Crippen LogP contribution in [0.2, 0.25) is 0 Å². The molecule has 0 saturated carbocycles. The Bertz CT molecular complexity index is 700. The van der Waals surface area contributed by atoms with E-state index in [9.17, 15) is 4.79 Å². The minimum atomic E-state index is 0.273. The fourth-order valence-electron chi connectivity index (χ4n) is 3.94. The number of hydrogen-bond donors (Lipinski definition) is 0. The minimum Gasteiger partial charge on any atom is -0.339 e. The van der Waals surface area contributed by atoms with Crippen molar-refractivity contribution in [3.63, 3.8) is 0 Å². The summed E-state index contributed by atoms with van der Waals surface area (Å²) in [5.41, 5.74) is 1.41. The Morgan fingerprint density at radius 1 is 1.15 bits per heavy atom. The van der Waals surface area contributed by atoms with Crippen molar-refractivity contribution in [3.8, 4) is 0 Å². The molecular formula is C19H25N5OS. The lowest BCUT2D eigenvalue weighted by molar-refractivity contribution is -0.131. The summed E-state index contributed by atoms with van der Waals surface area (Å²) in [7, 11) is 0. The molecule has 2 aliphatic rings. The number of aromatic nitrogens is 2. The SMILES string of the molecule is O=C(CCN1CCC[C@H]1c1ccsc1)N1CCN(c2ncccn2)CC1. The fourth-order valence-corrected chi connectivity index (χ4v) is 4.65. The highest BCUT2D eigenvalue weighted by molar-refractivity contribution is 7.07. The van der Waals surface area contributed by atoms with E-state index in [1.165, 1.54) is 18.4 Å². The van der Waals surface area contributed by atoms with Gasteiger partial charge in [-0.25, -0.2) is 9.97 Å². The van der Waals surface area contributed by atoms with Gasteiger partial charge in [0.05, 0.1) is 0 Å². The van der Waals surface area contributed by atoms with Gasteiger partial charge < -0.3 is 9.80 Å². The summed E-state index contributed by atoms with van der Waals surface area (Å²) in [4.78, 5) is 27.9. The van der Waals surface area contributed by atoms with Crippen LogP contribution in [0.5, 0.6) is 0 Å². The Labute approximate surface area is 158 Å². The first-order chi connectivity index (χ1) is 12.8. The van der Waals surface area contributed by atoms with Crippen LogP contribution in [0.15, 0.2) is 35.3 Å². The first kappa shape index (κ1) is 17.4. The van der Waals surface area contributed by atoms with Crippen LogP contribution in [0.1, 0.15) is 30.9 Å². The number of carbonyl (C=O) groups excluding carboxylic acids is 1. The second kappa shape index (κ2) is 8.14. The molecule has 0 aliphatic carbocycles. The number of nitrogens with zero attached hydrogens (tertiary/aromatic N) is 5. The van der Waals surface area contributed by atoms with Crippen LogP contribution in [-0.2, 0) is 4.79 Å². The smallest absolute Gasteiger partial charge is 0.225 e. The largest absolute Gasteiger partial charge is 0.339 e. The third-order valence-electron chi connectivity index (χ3n) is 5.37. The van der Waals surface area contributed by atoms with Crippen LogP contribution in [0.25, 0.3) is 0 Å². The molecule has 0 spiro atoms. The summed E-state index contributed by atoms with van der Waals surface area (Å²) in [5.74, 6) is 1.03. The van der Waals surface area contributed by atoms with Gasteiger partial charge in [0.1, 0.15) is 0 Å². The second-order valence-corrected chi connectivity index (χ2v) is 7.70. The molecular weight excluding hydrogens is 346 g/mol. The van der Waals surface area contributed by atoms with Crippen molar-refractivity contribution < 1.29 is 4.79 Å². The van der Waals surface area contributed by atoms with Gasteiger partial charge in [-0.15, -0.1) is 0 Å². The summed E-state index contributed by atoms with van der Waals surface area (Å²) in [5, 5.41) is 4.39. The van der Waals surface area contributed by atoms with Crippen molar-refractivity contribution in [1.29, 1.82) is 0 Å². The van der Waals surface area contributed by atoms with E-state index >= 15 is 0 Å². The van der Waals surface area contributed by atoms with Crippen molar-refractivity contribution in [2.75, 3.05) is 44.2 Å². The van der Waals surface area contributed by atoms with Crippen molar-refractivity contribution in [2.24, 2.45) is 0 Å². The van der Waals surface area contributed by atoms with Crippen molar-refractivity contribution >= 4 is 23.2 Å². The molecule has 6 nitrogen and oxygen atoms in total. The molecule has 4 rings (SSSR count). The molecule has 2 fully saturated rings. The zero-order chi connectivity index (χ0) is 17.8. The minimum absolute atomic E-state index is 0.273. The summed E-state index contributed by atoms with van der Waals surface area (Å²) < 4.78 is 0. The standard InChI is InChI=1S/C19H25N5OS/c25-18(4-9-22-8-1-3-17(22)16-5-14-26-15-16)23-10-12-24(13-11-23)19-20-6-2-7-21-19/h2,5-7,14-15,17H,1,3-4,8-13H2/t17-/m0/s1. The summed E-state index contributed by atoms with van der Waals surface area (Å²) >= 11 is 1.76. The van der Waals surface area contributed by atoms with E-state index in [2.05, 4.69) is 36.6 Å². The molecule has 2 aromatic heterocycles. The number of hydrogen-bond acceptors (Lipinski definition) is 6. The van der Waals surface area contributed by atoms with Crippen molar-refractivity contribution in [2.45, 2.75) is 25.3 Å². The molecule has 0 unspecified atom stereocenters. The zero-order valence-electron chi connectivity index (χ0n) is 15.0. The molecule has 0 aromatic carbocycles. The van der Waals surface area contributed by atoms with E-state index in [-0.39, 0.29) is 5.91 Å². The maximum Gasteiger partial charge on any atom is 0.225 e. The fraction of sp³-hybridized carbons (Fsp3) is 0.526. The van der Waals surface area contributed by atoms with Gasteiger partial charge in [0.25, 0.3) is 0 Å². The summed E-state index contributed by atoms with van der Waals surface area (Å²) in [6.45, 7) is 5.08. The number of thiophene rings is 1. The van der Waals surface area contributed by atoms with Gasteiger partial charge in [-0.1, -0.05) is 0 Å². The maximum atomic E-state index is 12.6. The number of piperazine rings is 1. The molecule has 26 heavy (non-hydrogen) atoms. The lowest BCUT2D eigenvalue weighted by Gasteiger charge is -2.35. The number of anilines is 1. The molecule has 0 bridgehead atoms. The van der Waals surface area contributed by atoms with E-state index in [0.717, 1.165) is 45.2 Å². The average Bonchev–Trinajstić information content (AvgIpc) is 3.38. The first-order valence-electron chi connectivity index (χ1n) is 9.37. The number of carbonyl (C=O) groups is 1. The number of rotatable bonds is 5. The molecule has 2 aliphatic heterocycles. The van der Waals surface area contributed by atoms with Crippen LogP contribution in [0.4, 0.5) is 5.95 Å². The van der Waals surface area contributed by atoms with Crippen LogP contribution in [0, 0.1) is 0 Å². The van der Waals surface area contributed by atoms with E-state index in [1.807, 2.05) is 11.0 Å². The lowest BCUT2D eigenvalue weighted by Crippen LogP contribution is -2.49. The van der Waals surface area contributed by atoms with Crippen LogP contribution < -0.4 is 4.90 Å².